The van der Waals surface area contributed by atoms with E-state index in [0.29, 0.717) is 11.6 Å². The summed E-state index contributed by atoms with van der Waals surface area (Å²) < 4.78 is 11.1. The number of likely N-dealkylation sites (N-methyl/N-ethyl adjacent to an activating group) is 1. The predicted octanol–water partition coefficient (Wildman–Crippen LogP) is 2.66. The van der Waals surface area contributed by atoms with Crippen LogP contribution in [0.15, 0.2) is 16.5 Å². The number of methoxy groups -OCH3 is 1. The third kappa shape index (κ3) is 3.03. The predicted molar refractivity (Wildman–Crippen MR) is 83.3 cm³/mol. The molecule has 1 spiro atoms. The fourth-order valence-corrected chi connectivity index (χ4v) is 4.10. The normalized spacial score (nSPS) is 26.7. The molecule has 0 radical (unpaired) electrons. The molecule has 1 aromatic heterocycles. The number of piperidine rings is 1. The van der Waals surface area contributed by atoms with Crippen LogP contribution >= 0.6 is 0 Å². The molecular weight excluding hydrogens is 264 g/mol. The fourth-order valence-electron chi connectivity index (χ4n) is 4.10. The Hall–Kier alpha value is -0.840. The van der Waals surface area contributed by atoms with Crippen molar-refractivity contribution in [3.05, 3.63) is 23.7 Å². The average molecular weight is 292 g/mol. The molecule has 3 rings (SSSR count). The summed E-state index contributed by atoms with van der Waals surface area (Å²) in [6.45, 7) is 6.18. The second-order valence-electron chi connectivity index (χ2n) is 6.77. The minimum atomic E-state index is 0.415. The van der Waals surface area contributed by atoms with Crippen LogP contribution in [0.25, 0.3) is 0 Å². The van der Waals surface area contributed by atoms with Crippen LogP contribution < -0.4 is 0 Å². The molecule has 1 aromatic rings. The summed E-state index contributed by atoms with van der Waals surface area (Å²) in [5, 5.41) is 0. The van der Waals surface area contributed by atoms with Crippen molar-refractivity contribution in [2.45, 2.75) is 50.7 Å². The molecule has 0 bridgehead atoms. The molecule has 2 saturated heterocycles. The van der Waals surface area contributed by atoms with Crippen molar-refractivity contribution in [3.63, 3.8) is 0 Å². The highest BCUT2D eigenvalue weighted by Crippen LogP contribution is 2.40. The van der Waals surface area contributed by atoms with E-state index in [9.17, 15) is 0 Å². The molecule has 0 aromatic carbocycles. The fraction of sp³-hybridized carbons (Fsp3) is 0.765. The van der Waals surface area contributed by atoms with E-state index >= 15 is 0 Å². The average Bonchev–Trinajstić information content (AvgIpc) is 3.01. The van der Waals surface area contributed by atoms with Crippen LogP contribution in [0.4, 0.5) is 0 Å². The molecule has 1 atom stereocenters. The van der Waals surface area contributed by atoms with Crippen LogP contribution in [0.2, 0.25) is 0 Å². The van der Waals surface area contributed by atoms with E-state index in [1.165, 1.54) is 38.8 Å². The summed E-state index contributed by atoms with van der Waals surface area (Å²) in [5.41, 5.74) is 0.415. The number of hydrogen-bond acceptors (Lipinski definition) is 4. The Kier molecular flexibility index (Phi) is 4.38. The standard InChI is InChI=1S/C17H28N2O2/c1-14-4-5-16(21-14)12-19-10-8-17(9-11-19)7-6-15(13-20-3)18(17)2/h4-5,15H,6-13H2,1-3H3/t15-/m1/s1. The van der Waals surface area contributed by atoms with Crippen LogP contribution in [0.5, 0.6) is 0 Å². The zero-order valence-corrected chi connectivity index (χ0v) is 13.6. The molecule has 0 amide bonds. The van der Waals surface area contributed by atoms with Crippen LogP contribution in [0.1, 0.15) is 37.2 Å². The van der Waals surface area contributed by atoms with Gasteiger partial charge in [-0.3, -0.25) is 9.80 Å². The third-order valence-corrected chi connectivity index (χ3v) is 5.56. The minimum absolute atomic E-state index is 0.415. The maximum Gasteiger partial charge on any atom is 0.118 e. The van der Waals surface area contributed by atoms with Crippen LogP contribution in [-0.2, 0) is 11.3 Å². The number of ether oxygens (including phenoxy) is 1. The van der Waals surface area contributed by atoms with Gasteiger partial charge in [0.1, 0.15) is 11.5 Å². The Labute approximate surface area is 128 Å². The van der Waals surface area contributed by atoms with Gasteiger partial charge in [0.05, 0.1) is 13.2 Å². The van der Waals surface area contributed by atoms with Gasteiger partial charge in [0.25, 0.3) is 0 Å². The van der Waals surface area contributed by atoms with E-state index in [0.717, 1.165) is 24.7 Å². The maximum absolute atomic E-state index is 5.70. The summed E-state index contributed by atoms with van der Waals surface area (Å²) in [6.07, 6.45) is 5.14. The summed E-state index contributed by atoms with van der Waals surface area (Å²) in [4.78, 5) is 5.13. The van der Waals surface area contributed by atoms with Gasteiger partial charge < -0.3 is 9.15 Å². The number of likely N-dealkylation sites (tertiary alicyclic amines) is 2. The molecule has 0 unspecified atom stereocenters. The Morgan fingerprint density at radius 2 is 2.05 bits per heavy atom. The SMILES string of the molecule is COC[C@H]1CCC2(CCN(Cc3ccc(C)o3)CC2)N1C. The van der Waals surface area contributed by atoms with Gasteiger partial charge in [0, 0.05) is 31.8 Å². The van der Waals surface area contributed by atoms with E-state index in [1.807, 2.05) is 14.0 Å². The van der Waals surface area contributed by atoms with E-state index in [1.54, 1.807) is 0 Å². The van der Waals surface area contributed by atoms with Crippen molar-refractivity contribution in [2.24, 2.45) is 0 Å². The topological polar surface area (TPSA) is 28.9 Å². The monoisotopic (exact) mass is 292 g/mol. The Bertz CT molecular complexity index is 463. The quantitative estimate of drug-likeness (QED) is 0.853. The molecule has 4 nitrogen and oxygen atoms in total. The van der Waals surface area contributed by atoms with Crippen molar-refractivity contribution >= 4 is 0 Å². The van der Waals surface area contributed by atoms with Gasteiger partial charge >= 0.3 is 0 Å². The van der Waals surface area contributed by atoms with Crippen molar-refractivity contribution < 1.29 is 9.15 Å². The van der Waals surface area contributed by atoms with E-state index < -0.39 is 0 Å². The van der Waals surface area contributed by atoms with Crippen molar-refractivity contribution in [1.82, 2.24) is 9.80 Å². The first-order valence-corrected chi connectivity index (χ1v) is 8.12. The highest BCUT2D eigenvalue weighted by molar-refractivity contribution is 5.07. The lowest BCUT2D eigenvalue weighted by atomic mass is 9.85. The van der Waals surface area contributed by atoms with Gasteiger partial charge in [0.15, 0.2) is 0 Å². The lowest BCUT2D eigenvalue weighted by molar-refractivity contribution is 0.0266. The molecule has 3 heterocycles. The van der Waals surface area contributed by atoms with E-state index in [4.69, 9.17) is 9.15 Å². The summed E-state index contributed by atoms with van der Waals surface area (Å²) in [6, 6.07) is 4.77. The molecule has 2 fully saturated rings. The second kappa shape index (κ2) is 6.11. The first-order chi connectivity index (χ1) is 10.1. The number of nitrogens with zero attached hydrogens (tertiary/aromatic N) is 2. The van der Waals surface area contributed by atoms with Crippen molar-refractivity contribution in [1.29, 1.82) is 0 Å². The number of furan rings is 1. The lowest BCUT2D eigenvalue weighted by Crippen LogP contribution is -2.52. The zero-order valence-electron chi connectivity index (χ0n) is 13.6. The molecule has 4 heteroatoms. The first-order valence-electron chi connectivity index (χ1n) is 8.12. The highest BCUT2D eigenvalue weighted by Gasteiger charge is 2.45. The summed E-state index contributed by atoms with van der Waals surface area (Å²) in [5.74, 6) is 2.11. The van der Waals surface area contributed by atoms with Gasteiger partial charge in [-0.05, 0) is 51.8 Å². The van der Waals surface area contributed by atoms with Crippen LogP contribution in [0, 0.1) is 6.92 Å². The molecule has 118 valence electrons. The molecule has 0 aliphatic carbocycles. The second-order valence-corrected chi connectivity index (χ2v) is 6.77. The Morgan fingerprint density at radius 1 is 1.29 bits per heavy atom. The largest absolute Gasteiger partial charge is 0.465 e. The third-order valence-electron chi connectivity index (χ3n) is 5.56. The molecule has 0 N–H and O–H groups in total. The minimum Gasteiger partial charge on any atom is -0.465 e. The first kappa shape index (κ1) is 15.1. The highest BCUT2D eigenvalue weighted by atomic mass is 16.5. The Morgan fingerprint density at radius 3 is 2.67 bits per heavy atom. The maximum atomic E-state index is 5.70. The Balaban J connectivity index is 1.55. The van der Waals surface area contributed by atoms with Gasteiger partial charge in [-0.25, -0.2) is 0 Å². The number of aryl methyl sites for hydroxylation is 1. The summed E-state index contributed by atoms with van der Waals surface area (Å²) >= 11 is 0. The van der Waals surface area contributed by atoms with Gasteiger partial charge in [0.2, 0.25) is 0 Å². The molecular formula is C17H28N2O2. The number of rotatable bonds is 4. The van der Waals surface area contributed by atoms with Crippen LogP contribution in [-0.4, -0.2) is 55.2 Å². The van der Waals surface area contributed by atoms with E-state index in [-0.39, 0.29) is 0 Å². The summed E-state index contributed by atoms with van der Waals surface area (Å²) in [7, 11) is 4.11. The van der Waals surface area contributed by atoms with Gasteiger partial charge in [-0.2, -0.15) is 0 Å². The van der Waals surface area contributed by atoms with E-state index in [2.05, 4.69) is 29.0 Å². The molecule has 2 aliphatic heterocycles. The molecule has 2 aliphatic rings. The van der Waals surface area contributed by atoms with Gasteiger partial charge in [-0.1, -0.05) is 0 Å². The number of hydrogen-bond donors (Lipinski definition) is 0. The smallest absolute Gasteiger partial charge is 0.118 e. The zero-order chi connectivity index (χ0) is 14.9. The van der Waals surface area contributed by atoms with Crippen LogP contribution in [0.3, 0.4) is 0 Å². The lowest BCUT2D eigenvalue weighted by Gasteiger charge is -2.44. The van der Waals surface area contributed by atoms with Gasteiger partial charge in [-0.15, -0.1) is 0 Å². The van der Waals surface area contributed by atoms with Crippen molar-refractivity contribution in [3.8, 4) is 0 Å². The molecule has 21 heavy (non-hydrogen) atoms. The molecule has 0 saturated carbocycles. The van der Waals surface area contributed by atoms with Crippen molar-refractivity contribution in [2.75, 3.05) is 33.9 Å².